The molecule has 0 radical (unpaired) electrons. The highest BCUT2D eigenvalue weighted by Gasteiger charge is 2.30. The van der Waals surface area contributed by atoms with Crippen LogP contribution in [0.25, 0.3) is 0 Å². The lowest BCUT2D eigenvalue weighted by Crippen LogP contribution is -2.43. The summed E-state index contributed by atoms with van der Waals surface area (Å²) in [4.78, 5) is 14.7. The van der Waals surface area contributed by atoms with E-state index in [-0.39, 0.29) is 11.9 Å². The molecule has 1 aromatic rings. The molecule has 1 atom stereocenters. The Bertz CT molecular complexity index is 485. The number of halogens is 1. The summed E-state index contributed by atoms with van der Waals surface area (Å²) in [7, 11) is 3.30. The molecule has 21 heavy (non-hydrogen) atoms. The largest absolute Gasteiger partial charge is 0.383 e. The number of aromatic nitrogens is 1. The first-order valence-electron chi connectivity index (χ1n) is 7.24. The molecule has 1 aromatic heterocycles. The van der Waals surface area contributed by atoms with Crippen LogP contribution < -0.4 is 0 Å². The number of carbonyl (C=O) groups excluding carboxylic acids is 1. The van der Waals surface area contributed by atoms with E-state index < -0.39 is 0 Å². The third kappa shape index (κ3) is 4.08. The van der Waals surface area contributed by atoms with Gasteiger partial charge in [0.05, 0.1) is 19.3 Å². The molecule has 1 fully saturated rings. The quantitative estimate of drug-likeness (QED) is 0.717. The first-order valence-corrected chi connectivity index (χ1v) is 8.04. The van der Waals surface area contributed by atoms with E-state index in [0.717, 1.165) is 23.0 Å². The second-order valence-corrected chi connectivity index (χ2v) is 6.39. The third-order valence-corrected chi connectivity index (χ3v) is 4.15. The second kappa shape index (κ2) is 7.42. The molecule has 1 heterocycles. The van der Waals surface area contributed by atoms with Crippen molar-refractivity contribution in [2.75, 3.05) is 34.0 Å². The smallest absolute Gasteiger partial charge is 0.270 e. The van der Waals surface area contributed by atoms with Crippen LogP contribution in [0.1, 0.15) is 36.3 Å². The van der Waals surface area contributed by atoms with Crippen molar-refractivity contribution in [1.82, 2.24) is 9.47 Å². The first kappa shape index (κ1) is 16.5. The van der Waals surface area contributed by atoms with Gasteiger partial charge in [0.2, 0.25) is 0 Å². The first-order chi connectivity index (χ1) is 10.1. The average Bonchev–Trinajstić information content (AvgIpc) is 3.22. The lowest BCUT2D eigenvalue weighted by molar-refractivity contribution is 0.0470. The van der Waals surface area contributed by atoms with Crippen LogP contribution in [0.15, 0.2) is 16.7 Å². The zero-order valence-corrected chi connectivity index (χ0v) is 14.4. The molecular formula is C15H23BrN2O3. The molecule has 5 nitrogen and oxygen atoms in total. The van der Waals surface area contributed by atoms with Crippen molar-refractivity contribution in [3.8, 4) is 0 Å². The number of hydrogen-bond donors (Lipinski definition) is 0. The van der Waals surface area contributed by atoms with E-state index in [2.05, 4.69) is 20.5 Å². The van der Waals surface area contributed by atoms with Crippen molar-refractivity contribution < 1.29 is 14.3 Å². The molecule has 2 rings (SSSR count). The number of nitrogens with zero attached hydrogens (tertiary/aromatic N) is 2. The van der Waals surface area contributed by atoms with Crippen molar-refractivity contribution in [2.45, 2.75) is 31.8 Å². The summed E-state index contributed by atoms with van der Waals surface area (Å²) in [5.41, 5.74) is 0.739. The number of carbonyl (C=O) groups is 1. The van der Waals surface area contributed by atoms with Crippen molar-refractivity contribution in [2.24, 2.45) is 0 Å². The number of hydrogen-bond acceptors (Lipinski definition) is 3. The predicted molar refractivity (Wildman–Crippen MR) is 84.7 cm³/mol. The molecule has 1 saturated carbocycles. The van der Waals surface area contributed by atoms with Crippen LogP contribution in [0.3, 0.4) is 0 Å². The zero-order valence-electron chi connectivity index (χ0n) is 12.8. The predicted octanol–water partition coefficient (Wildman–Crippen LogP) is 2.71. The van der Waals surface area contributed by atoms with Crippen LogP contribution >= 0.6 is 15.9 Å². The van der Waals surface area contributed by atoms with Gasteiger partial charge in [-0.1, -0.05) is 0 Å². The van der Waals surface area contributed by atoms with Crippen LogP contribution in [0.2, 0.25) is 0 Å². The van der Waals surface area contributed by atoms with Gasteiger partial charge in [0.25, 0.3) is 5.91 Å². The zero-order chi connectivity index (χ0) is 15.4. The second-order valence-electron chi connectivity index (χ2n) is 5.48. The molecule has 118 valence electrons. The number of amides is 1. The van der Waals surface area contributed by atoms with Gasteiger partial charge < -0.3 is 18.9 Å². The minimum absolute atomic E-state index is 0.0129. The molecule has 1 aliphatic carbocycles. The van der Waals surface area contributed by atoms with Gasteiger partial charge in [0, 0.05) is 37.5 Å². The van der Waals surface area contributed by atoms with Gasteiger partial charge in [-0.25, -0.2) is 0 Å². The van der Waals surface area contributed by atoms with Crippen LogP contribution in [0.5, 0.6) is 0 Å². The molecule has 0 aliphatic heterocycles. The van der Waals surface area contributed by atoms with Crippen molar-refractivity contribution >= 4 is 21.8 Å². The number of methoxy groups -OCH3 is 2. The Morgan fingerprint density at radius 2 is 2.19 bits per heavy atom. The van der Waals surface area contributed by atoms with Gasteiger partial charge in [-0.05, 0) is 41.8 Å². The fraction of sp³-hybridized carbons (Fsp3) is 0.667. The Labute approximate surface area is 134 Å². The van der Waals surface area contributed by atoms with Gasteiger partial charge in [-0.2, -0.15) is 0 Å². The Kier molecular flexibility index (Phi) is 5.84. The molecule has 0 saturated heterocycles. The molecule has 6 heteroatoms. The molecular weight excluding hydrogens is 336 g/mol. The average molecular weight is 359 g/mol. The summed E-state index contributed by atoms with van der Waals surface area (Å²) in [6.07, 6.45) is 4.29. The summed E-state index contributed by atoms with van der Waals surface area (Å²) in [5, 5.41) is 0. The van der Waals surface area contributed by atoms with Gasteiger partial charge in [-0.3, -0.25) is 4.79 Å². The SMILES string of the molecule is COCCN(C(=O)c1cc(Br)cn1C1CC1)C(C)COC. The van der Waals surface area contributed by atoms with Gasteiger partial charge in [0.15, 0.2) is 0 Å². The van der Waals surface area contributed by atoms with Crippen molar-refractivity contribution in [3.63, 3.8) is 0 Å². The summed E-state index contributed by atoms with van der Waals surface area (Å²) in [6.45, 7) is 3.59. The summed E-state index contributed by atoms with van der Waals surface area (Å²) >= 11 is 3.48. The maximum atomic E-state index is 12.9. The fourth-order valence-electron chi connectivity index (χ4n) is 2.46. The fourth-order valence-corrected chi connectivity index (χ4v) is 2.90. The highest BCUT2D eigenvalue weighted by molar-refractivity contribution is 9.10. The Morgan fingerprint density at radius 1 is 1.48 bits per heavy atom. The third-order valence-electron chi connectivity index (χ3n) is 3.71. The standard InChI is InChI=1S/C15H23BrN2O3/c1-11(10-21-3)17(6-7-20-2)15(19)14-8-12(16)9-18(14)13-4-5-13/h8-9,11,13H,4-7,10H2,1-3H3. The highest BCUT2D eigenvalue weighted by atomic mass is 79.9. The van der Waals surface area contributed by atoms with E-state index in [4.69, 9.17) is 9.47 Å². The molecule has 1 unspecified atom stereocenters. The van der Waals surface area contributed by atoms with Crippen LogP contribution in [0.4, 0.5) is 0 Å². The van der Waals surface area contributed by atoms with E-state index in [1.165, 1.54) is 0 Å². The van der Waals surface area contributed by atoms with Gasteiger partial charge >= 0.3 is 0 Å². The summed E-state index contributed by atoms with van der Waals surface area (Å²) < 4.78 is 13.4. The minimum Gasteiger partial charge on any atom is -0.383 e. The molecule has 0 bridgehead atoms. The molecule has 0 spiro atoms. The van der Waals surface area contributed by atoms with E-state index in [0.29, 0.717) is 25.8 Å². The highest BCUT2D eigenvalue weighted by Crippen LogP contribution is 2.37. The maximum absolute atomic E-state index is 12.9. The van der Waals surface area contributed by atoms with Crippen LogP contribution in [-0.4, -0.2) is 55.4 Å². The van der Waals surface area contributed by atoms with E-state index >= 15 is 0 Å². The molecule has 1 amide bonds. The molecule has 0 aromatic carbocycles. The maximum Gasteiger partial charge on any atom is 0.270 e. The monoisotopic (exact) mass is 358 g/mol. The van der Waals surface area contributed by atoms with Crippen LogP contribution in [-0.2, 0) is 9.47 Å². The van der Waals surface area contributed by atoms with Crippen molar-refractivity contribution in [3.05, 3.63) is 22.4 Å². The van der Waals surface area contributed by atoms with Crippen LogP contribution in [0, 0.1) is 0 Å². The minimum atomic E-state index is 0.0129. The normalized spacial score (nSPS) is 16.0. The Hall–Kier alpha value is -0.850. The Morgan fingerprint density at radius 3 is 2.76 bits per heavy atom. The van der Waals surface area contributed by atoms with E-state index in [1.807, 2.05) is 24.1 Å². The number of rotatable bonds is 8. The lowest BCUT2D eigenvalue weighted by atomic mass is 10.2. The summed E-state index contributed by atoms with van der Waals surface area (Å²) in [5.74, 6) is 0.0363. The summed E-state index contributed by atoms with van der Waals surface area (Å²) in [6, 6.07) is 2.39. The van der Waals surface area contributed by atoms with Gasteiger partial charge in [0.1, 0.15) is 5.69 Å². The van der Waals surface area contributed by atoms with Gasteiger partial charge in [-0.15, -0.1) is 0 Å². The number of ether oxygens (including phenoxy) is 2. The lowest BCUT2D eigenvalue weighted by Gasteiger charge is -2.29. The van der Waals surface area contributed by atoms with E-state index in [1.54, 1.807) is 14.2 Å². The van der Waals surface area contributed by atoms with E-state index in [9.17, 15) is 4.79 Å². The Balaban J connectivity index is 2.20. The topological polar surface area (TPSA) is 43.7 Å². The molecule has 0 N–H and O–H groups in total. The molecule has 1 aliphatic rings. The van der Waals surface area contributed by atoms with Crippen molar-refractivity contribution in [1.29, 1.82) is 0 Å².